The molecule has 1 N–H and O–H groups in total. The third-order valence-corrected chi connectivity index (χ3v) is 4.26. The smallest absolute Gasteiger partial charge is 0.266 e. The Labute approximate surface area is 154 Å². The van der Waals surface area contributed by atoms with Crippen LogP contribution in [-0.2, 0) is 11.3 Å². The number of carbonyl (C=O) groups excluding carboxylic acids is 1. The molecule has 2 aromatic rings. The molecule has 0 atom stereocenters. The molecule has 0 saturated carbocycles. The minimum atomic E-state index is -0.485. The molecule has 1 aromatic heterocycles. The normalized spacial score (nSPS) is 10.9. The molecule has 26 heavy (non-hydrogen) atoms. The van der Waals surface area contributed by atoms with Gasteiger partial charge in [0.05, 0.1) is 11.6 Å². The molecule has 1 amide bonds. The number of carbonyl (C=O) groups is 1. The minimum Gasteiger partial charge on any atom is -0.349 e. The fourth-order valence-corrected chi connectivity index (χ4v) is 2.80. The largest absolute Gasteiger partial charge is 0.349 e. The Morgan fingerprint density at radius 3 is 2.69 bits per heavy atom. The zero-order chi connectivity index (χ0) is 19.1. The Hall–Kier alpha value is -3.31. The van der Waals surface area contributed by atoms with Crippen LogP contribution in [0, 0.1) is 36.5 Å². The van der Waals surface area contributed by atoms with Crippen molar-refractivity contribution in [3.63, 3.8) is 0 Å². The molecular formula is C21H22N4O. The topological polar surface area (TPSA) is 81.6 Å². The summed E-state index contributed by atoms with van der Waals surface area (Å²) in [6.07, 6.45) is 3.81. The van der Waals surface area contributed by atoms with Crippen molar-refractivity contribution >= 4 is 17.7 Å². The Morgan fingerprint density at radius 1 is 1.27 bits per heavy atom. The summed E-state index contributed by atoms with van der Waals surface area (Å²) in [5, 5.41) is 21.0. The number of anilines is 1. The van der Waals surface area contributed by atoms with E-state index in [0.717, 1.165) is 36.3 Å². The molecule has 0 aliphatic rings. The number of aryl methyl sites for hydroxylation is 1. The summed E-state index contributed by atoms with van der Waals surface area (Å²) >= 11 is 0. The number of rotatable bonds is 6. The molecule has 0 unspecified atom stereocenters. The van der Waals surface area contributed by atoms with Gasteiger partial charge in [-0.2, -0.15) is 10.5 Å². The van der Waals surface area contributed by atoms with E-state index in [-0.39, 0.29) is 5.57 Å². The summed E-state index contributed by atoms with van der Waals surface area (Å²) in [7, 11) is 0. The fraction of sp³-hybridized carbons (Fsp3) is 0.286. The average Bonchev–Trinajstić information content (AvgIpc) is 2.91. The summed E-state index contributed by atoms with van der Waals surface area (Å²) in [4.78, 5) is 12.4. The van der Waals surface area contributed by atoms with Gasteiger partial charge in [0.25, 0.3) is 5.91 Å². The van der Waals surface area contributed by atoms with Gasteiger partial charge in [0, 0.05) is 23.6 Å². The van der Waals surface area contributed by atoms with Gasteiger partial charge in [-0.05, 0) is 56.2 Å². The van der Waals surface area contributed by atoms with Crippen LogP contribution in [0.5, 0.6) is 0 Å². The quantitative estimate of drug-likeness (QED) is 0.624. The molecule has 0 fully saturated rings. The summed E-state index contributed by atoms with van der Waals surface area (Å²) in [5.41, 5.74) is 4.00. The monoisotopic (exact) mass is 346 g/mol. The Kier molecular flexibility index (Phi) is 6.36. The molecule has 0 radical (unpaired) electrons. The second-order valence-corrected chi connectivity index (χ2v) is 6.15. The Bertz CT molecular complexity index is 922. The van der Waals surface area contributed by atoms with Crippen molar-refractivity contribution in [3.05, 3.63) is 58.4 Å². The number of benzene rings is 1. The van der Waals surface area contributed by atoms with Crippen molar-refractivity contribution in [3.8, 4) is 12.1 Å². The molecule has 0 aliphatic carbocycles. The van der Waals surface area contributed by atoms with E-state index < -0.39 is 5.91 Å². The second kappa shape index (κ2) is 8.69. The first-order valence-corrected chi connectivity index (χ1v) is 8.60. The van der Waals surface area contributed by atoms with Crippen molar-refractivity contribution < 1.29 is 4.79 Å². The van der Waals surface area contributed by atoms with Gasteiger partial charge in [-0.15, -0.1) is 0 Å². The minimum absolute atomic E-state index is 0.0307. The van der Waals surface area contributed by atoms with Gasteiger partial charge in [-0.1, -0.05) is 19.4 Å². The molecule has 1 heterocycles. The zero-order valence-corrected chi connectivity index (χ0v) is 15.3. The van der Waals surface area contributed by atoms with E-state index in [1.54, 1.807) is 30.3 Å². The summed E-state index contributed by atoms with van der Waals surface area (Å²) in [5.74, 6) is -0.485. The second-order valence-electron chi connectivity index (χ2n) is 6.15. The van der Waals surface area contributed by atoms with E-state index in [4.69, 9.17) is 5.26 Å². The molecule has 5 heteroatoms. The highest BCUT2D eigenvalue weighted by Crippen LogP contribution is 2.20. The Morgan fingerprint density at radius 2 is 2.04 bits per heavy atom. The lowest BCUT2D eigenvalue weighted by Gasteiger charge is -2.08. The van der Waals surface area contributed by atoms with Crippen molar-refractivity contribution in [1.29, 1.82) is 10.5 Å². The van der Waals surface area contributed by atoms with Crippen LogP contribution in [0.4, 0.5) is 5.69 Å². The van der Waals surface area contributed by atoms with E-state index in [1.165, 1.54) is 0 Å². The zero-order valence-electron chi connectivity index (χ0n) is 15.3. The molecule has 0 aliphatic heterocycles. The van der Waals surface area contributed by atoms with E-state index >= 15 is 0 Å². The predicted octanol–water partition coefficient (Wildman–Crippen LogP) is 4.32. The lowest BCUT2D eigenvalue weighted by Crippen LogP contribution is -2.13. The third-order valence-electron chi connectivity index (χ3n) is 4.26. The number of nitriles is 2. The first kappa shape index (κ1) is 19.0. The predicted molar refractivity (Wildman–Crippen MR) is 102 cm³/mol. The SMILES string of the molecule is CCCCn1c(C)cc(/C=C(\C#N)C(=O)Nc2cccc(C#N)c2)c1C. The fourth-order valence-electron chi connectivity index (χ4n) is 2.80. The van der Waals surface area contributed by atoms with Crippen molar-refractivity contribution in [2.45, 2.75) is 40.2 Å². The molecule has 0 saturated heterocycles. The lowest BCUT2D eigenvalue weighted by atomic mass is 10.1. The summed E-state index contributed by atoms with van der Waals surface area (Å²) in [6.45, 7) is 7.10. The Balaban J connectivity index is 2.26. The highest BCUT2D eigenvalue weighted by Gasteiger charge is 2.13. The van der Waals surface area contributed by atoms with Crippen molar-refractivity contribution in [1.82, 2.24) is 4.57 Å². The number of hydrogen-bond donors (Lipinski definition) is 1. The standard InChI is InChI=1S/C21H22N4O/c1-4-5-9-25-15(2)10-18(16(25)3)12-19(14-23)21(26)24-20-8-6-7-17(11-20)13-22/h6-8,10-12H,4-5,9H2,1-3H3,(H,24,26)/b19-12+. The maximum Gasteiger partial charge on any atom is 0.266 e. The molecule has 2 rings (SSSR count). The molecule has 132 valence electrons. The van der Waals surface area contributed by atoms with E-state index in [9.17, 15) is 10.1 Å². The molecular weight excluding hydrogens is 324 g/mol. The van der Waals surface area contributed by atoms with Gasteiger partial charge in [0.1, 0.15) is 11.6 Å². The van der Waals surface area contributed by atoms with E-state index in [2.05, 4.69) is 16.8 Å². The van der Waals surface area contributed by atoms with Crippen LogP contribution >= 0.6 is 0 Å². The number of hydrogen-bond acceptors (Lipinski definition) is 3. The maximum atomic E-state index is 12.4. The van der Waals surface area contributed by atoms with Gasteiger partial charge >= 0.3 is 0 Å². The van der Waals surface area contributed by atoms with Crippen LogP contribution in [0.1, 0.15) is 42.3 Å². The van der Waals surface area contributed by atoms with Gasteiger partial charge in [-0.25, -0.2) is 0 Å². The number of aromatic nitrogens is 1. The van der Waals surface area contributed by atoms with Crippen molar-refractivity contribution in [2.24, 2.45) is 0 Å². The number of nitrogens with one attached hydrogen (secondary N) is 1. The molecule has 0 bridgehead atoms. The molecule has 1 aromatic carbocycles. The van der Waals surface area contributed by atoms with Gasteiger partial charge in [0.2, 0.25) is 0 Å². The highest BCUT2D eigenvalue weighted by atomic mass is 16.1. The summed E-state index contributed by atoms with van der Waals surface area (Å²) < 4.78 is 2.21. The van der Waals surface area contributed by atoms with Gasteiger partial charge in [0.15, 0.2) is 0 Å². The molecule has 0 spiro atoms. The third kappa shape index (κ3) is 4.40. The van der Waals surface area contributed by atoms with Crippen LogP contribution in [0.3, 0.4) is 0 Å². The van der Waals surface area contributed by atoms with Crippen molar-refractivity contribution in [2.75, 3.05) is 5.32 Å². The van der Waals surface area contributed by atoms with Crippen LogP contribution < -0.4 is 5.32 Å². The number of nitrogens with zero attached hydrogens (tertiary/aromatic N) is 3. The number of amides is 1. The number of unbranched alkanes of at least 4 members (excludes halogenated alkanes) is 1. The highest BCUT2D eigenvalue weighted by molar-refractivity contribution is 6.09. The van der Waals surface area contributed by atoms with Crippen LogP contribution in [0.15, 0.2) is 35.9 Å². The van der Waals surface area contributed by atoms with E-state index in [1.807, 2.05) is 32.1 Å². The first-order chi connectivity index (χ1) is 12.5. The van der Waals surface area contributed by atoms with Crippen LogP contribution in [0.25, 0.3) is 6.08 Å². The molecule has 5 nitrogen and oxygen atoms in total. The van der Waals surface area contributed by atoms with E-state index in [0.29, 0.717) is 11.3 Å². The maximum absolute atomic E-state index is 12.4. The van der Waals surface area contributed by atoms with Gasteiger partial charge < -0.3 is 9.88 Å². The summed E-state index contributed by atoms with van der Waals surface area (Å²) in [6, 6.07) is 12.6. The average molecular weight is 346 g/mol. The van der Waals surface area contributed by atoms with Crippen LogP contribution in [-0.4, -0.2) is 10.5 Å². The first-order valence-electron chi connectivity index (χ1n) is 8.60. The van der Waals surface area contributed by atoms with Gasteiger partial charge in [-0.3, -0.25) is 4.79 Å². The lowest BCUT2D eigenvalue weighted by molar-refractivity contribution is -0.112. The van der Waals surface area contributed by atoms with Crippen LogP contribution in [0.2, 0.25) is 0 Å².